The van der Waals surface area contributed by atoms with Gasteiger partial charge < -0.3 is 14.8 Å². The highest BCUT2D eigenvalue weighted by molar-refractivity contribution is 7.10. The number of carbonyl (C=O) groups excluding carboxylic acids is 1. The number of benzene rings is 2. The van der Waals surface area contributed by atoms with Crippen LogP contribution in [0.4, 0.5) is 5.69 Å². The van der Waals surface area contributed by atoms with E-state index in [0.29, 0.717) is 27.2 Å². The number of methoxy groups -OCH3 is 2. The van der Waals surface area contributed by atoms with Crippen molar-refractivity contribution in [1.29, 1.82) is 0 Å². The van der Waals surface area contributed by atoms with Crippen LogP contribution in [0.5, 0.6) is 11.5 Å². The second-order valence-electron chi connectivity index (χ2n) is 7.22. The molecule has 1 aliphatic heterocycles. The Bertz CT molecular complexity index is 1090. The van der Waals surface area contributed by atoms with Crippen molar-refractivity contribution < 1.29 is 14.3 Å². The lowest BCUT2D eigenvalue weighted by Gasteiger charge is -2.37. The molecule has 2 heterocycles. The van der Waals surface area contributed by atoms with E-state index < -0.39 is 0 Å². The molecule has 0 saturated carbocycles. The maximum Gasteiger partial charge on any atom is 0.238 e. The zero-order valence-electron chi connectivity index (χ0n) is 17.2. The van der Waals surface area contributed by atoms with Gasteiger partial charge in [0.25, 0.3) is 0 Å². The summed E-state index contributed by atoms with van der Waals surface area (Å²) in [5.74, 6) is 1.25. The average Bonchev–Trinajstić information content (AvgIpc) is 3.29. The predicted molar refractivity (Wildman–Crippen MR) is 126 cm³/mol. The molecule has 2 aromatic carbocycles. The topological polar surface area (TPSA) is 50.8 Å². The Morgan fingerprint density at radius 2 is 1.94 bits per heavy atom. The second-order valence-corrected chi connectivity index (χ2v) is 9.04. The summed E-state index contributed by atoms with van der Waals surface area (Å²) in [6, 6.07) is 13.2. The molecule has 31 heavy (non-hydrogen) atoms. The van der Waals surface area contributed by atoms with Crippen molar-refractivity contribution in [3.8, 4) is 11.5 Å². The van der Waals surface area contributed by atoms with Crippen molar-refractivity contribution in [3.63, 3.8) is 0 Å². The van der Waals surface area contributed by atoms with Gasteiger partial charge in [-0.05, 0) is 59.3 Å². The van der Waals surface area contributed by atoms with E-state index in [2.05, 4.69) is 16.3 Å². The number of nitrogens with one attached hydrogen (secondary N) is 1. The summed E-state index contributed by atoms with van der Waals surface area (Å²) in [4.78, 5) is 16.2. The Labute approximate surface area is 195 Å². The van der Waals surface area contributed by atoms with Gasteiger partial charge in [0.15, 0.2) is 11.5 Å². The summed E-state index contributed by atoms with van der Waals surface area (Å²) in [5.41, 5.74) is 2.83. The highest BCUT2D eigenvalue weighted by Gasteiger charge is 2.32. The van der Waals surface area contributed by atoms with E-state index in [1.807, 2.05) is 23.6 Å². The Kier molecular flexibility index (Phi) is 6.72. The normalized spacial score (nSPS) is 15.9. The third-order valence-corrected chi connectivity index (χ3v) is 6.82. The van der Waals surface area contributed by atoms with Crippen molar-refractivity contribution in [1.82, 2.24) is 4.90 Å². The molecule has 162 valence electrons. The number of hydrogen-bond acceptors (Lipinski definition) is 5. The number of anilines is 1. The van der Waals surface area contributed by atoms with E-state index in [1.165, 1.54) is 10.4 Å². The summed E-state index contributed by atoms with van der Waals surface area (Å²) in [6.07, 6.45) is 0.808. The van der Waals surface area contributed by atoms with E-state index in [0.717, 1.165) is 18.5 Å². The molecular formula is C23H22Cl2N2O3S. The number of halogens is 2. The molecule has 5 nitrogen and oxygen atoms in total. The maximum atomic E-state index is 12.9. The van der Waals surface area contributed by atoms with Gasteiger partial charge >= 0.3 is 0 Å². The SMILES string of the molecule is COc1cc2c(cc1OC)C(c1cccs1)N(CC(=O)Nc1cc(Cl)ccc1Cl)CC2. The lowest BCUT2D eigenvalue weighted by molar-refractivity contribution is -0.117. The molecule has 1 aliphatic rings. The molecule has 0 fully saturated rings. The molecule has 8 heteroatoms. The predicted octanol–water partition coefficient (Wildman–Crippen LogP) is 5.66. The van der Waals surface area contributed by atoms with Crippen LogP contribution in [0.3, 0.4) is 0 Å². The van der Waals surface area contributed by atoms with Gasteiger partial charge in [0.1, 0.15) is 0 Å². The van der Waals surface area contributed by atoms with Crippen LogP contribution in [0.15, 0.2) is 47.8 Å². The fourth-order valence-electron chi connectivity index (χ4n) is 3.92. The summed E-state index contributed by atoms with van der Waals surface area (Å²) >= 11 is 13.9. The molecule has 3 aromatic rings. The van der Waals surface area contributed by atoms with E-state index in [-0.39, 0.29) is 18.5 Å². The van der Waals surface area contributed by atoms with Crippen molar-refractivity contribution in [3.05, 3.63) is 73.9 Å². The van der Waals surface area contributed by atoms with Gasteiger partial charge in [0, 0.05) is 16.4 Å². The minimum absolute atomic E-state index is 0.0517. The largest absolute Gasteiger partial charge is 0.493 e. The molecular weight excluding hydrogens is 455 g/mol. The number of rotatable bonds is 6. The monoisotopic (exact) mass is 476 g/mol. The smallest absolute Gasteiger partial charge is 0.238 e. The molecule has 4 rings (SSSR count). The van der Waals surface area contributed by atoms with E-state index in [1.54, 1.807) is 43.8 Å². The molecule has 0 bridgehead atoms. The lowest BCUT2D eigenvalue weighted by atomic mass is 9.91. The molecule has 1 atom stereocenters. The number of fused-ring (bicyclic) bond motifs is 1. The standard InChI is InChI=1S/C23H22Cl2N2O3S/c1-29-19-10-14-7-8-27(13-22(28)26-18-11-15(24)5-6-17(18)25)23(21-4-3-9-31-21)16(14)12-20(19)30-2/h3-6,9-12,23H,7-8,13H2,1-2H3,(H,26,28). The Hall–Kier alpha value is -2.25. The Balaban J connectivity index is 1.63. The van der Waals surface area contributed by atoms with Crippen LogP contribution in [0.1, 0.15) is 22.0 Å². The minimum atomic E-state index is -0.144. The van der Waals surface area contributed by atoms with E-state index in [9.17, 15) is 4.79 Å². The van der Waals surface area contributed by atoms with Crippen LogP contribution < -0.4 is 14.8 Å². The van der Waals surface area contributed by atoms with Crippen molar-refractivity contribution in [2.45, 2.75) is 12.5 Å². The number of hydrogen-bond donors (Lipinski definition) is 1. The third-order valence-electron chi connectivity index (χ3n) is 5.34. The molecule has 0 aliphatic carbocycles. The van der Waals surface area contributed by atoms with Crippen LogP contribution >= 0.6 is 34.5 Å². The highest BCUT2D eigenvalue weighted by Crippen LogP contribution is 2.42. The van der Waals surface area contributed by atoms with Gasteiger partial charge in [-0.2, -0.15) is 0 Å². The van der Waals surface area contributed by atoms with Crippen molar-refractivity contribution in [2.75, 3.05) is 32.6 Å². The molecule has 0 saturated heterocycles. The van der Waals surface area contributed by atoms with Crippen LogP contribution in [0.2, 0.25) is 10.0 Å². The van der Waals surface area contributed by atoms with Crippen LogP contribution in [-0.2, 0) is 11.2 Å². The molecule has 1 amide bonds. The minimum Gasteiger partial charge on any atom is -0.493 e. The number of carbonyl (C=O) groups is 1. The van der Waals surface area contributed by atoms with Crippen molar-refractivity contribution in [2.24, 2.45) is 0 Å². The zero-order valence-corrected chi connectivity index (χ0v) is 19.5. The van der Waals surface area contributed by atoms with Gasteiger partial charge in [-0.25, -0.2) is 0 Å². The van der Waals surface area contributed by atoms with E-state index >= 15 is 0 Å². The van der Waals surface area contributed by atoms with Crippen LogP contribution in [0.25, 0.3) is 0 Å². The van der Waals surface area contributed by atoms with Gasteiger partial charge in [-0.1, -0.05) is 29.3 Å². The van der Waals surface area contributed by atoms with Gasteiger partial charge in [-0.3, -0.25) is 9.69 Å². The number of ether oxygens (including phenoxy) is 2. The summed E-state index contributed by atoms with van der Waals surface area (Å²) in [7, 11) is 3.27. The Morgan fingerprint density at radius 1 is 1.16 bits per heavy atom. The average molecular weight is 477 g/mol. The summed E-state index contributed by atoms with van der Waals surface area (Å²) < 4.78 is 11.0. The molecule has 0 radical (unpaired) electrons. The fraction of sp³-hybridized carbons (Fsp3) is 0.261. The first kappa shape index (κ1) is 22.0. The number of nitrogens with zero attached hydrogens (tertiary/aromatic N) is 1. The maximum absolute atomic E-state index is 12.9. The number of thiophene rings is 1. The highest BCUT2D eigenvalue weighted by atomic mass is 35.5. The quantitative estimate of drug-likeness (QED) is 0.498. The molecule has 1 aromatic heterocycles. The van der Waals surface area contributed by atoms with E-state index in [4.69, 9.17) is 32.7 Å². The molecule has 1 N–H and O–H groups in total. The summed E-state index contributed by atoms with van der Waals surface area (Å²) in [5, 5.41) is 5.91. The molecule has 0 spiro atoms. The Morgan fingerprint density at radius 3 is 2.65 bits per heavy atom. The first-order chi connectivity index (χ1) is 15.0. The number of amides is 1. The van der Waals surface area contributed by atoms with Gasteiger partial charge in [0.05, 0.1) is 37.5 Å². The lowest BCUT2D eigenvalue weighted by Crippen LogP contribution is -2.41. The van der Waals surface area contributed by atoms with Gasteiger partial charge in [-0.15, -0.1) is 11.3 Å². The zero-order chi connectivity index (χ0) is 22.0. The van der Waals surface area contributed by atoms with Crippen LogP contribution in [0, 0.1) is 0 Å². The second kappa shape index (κ2) is 9.49. The third kappa shape index (κ3) is 4.67. The molecule has 1 unspecified atom stereocenters. The summed E-state index contributed by atoms with van der Waals surface area (Å²) in [6.45, 7) is 0.959. The van der Waals surface area contributed by atoms with Gasteiger partial charge in [0.2, 0.25) is 5.91 Å². The van der Waals surface area contributed by atoms with Crippen molar-refractivity contribution >= 4 is 46.1 Å². The van der Waals surface area contributed by atoms with Crippen LogP contribution in [-0.4, -0.2) is 38.1 Å². The first-order valence-corrected chi connectivity index (χ1v) is 11.4. The first-order valence-electron chi connectivity index (χ1n) is 9.77. The fourth-order valence-corrected chi connectivity index (χ4v) is 5.13.